The molecule has 6 nitrogen and oxygen atoms in total. The van der Waals surface area contributed by atoms with E-state index in [4.69, 9.17) is 9.84 Å². The number of carbonyl (C=O) groups is 2. The average molecular weight is 258 g/mol. The standard InChI is InChI=1S/C12H22N2O4/c1-2-9-3-4-13-10(7-9)12(17)14-5-6-18-8-11(15)16/h9-10,13H,2-8H2,1H3,(H,14,17)(H,15,16). The van der Waals surface area contributed by atoms with Crippen LogP contribution in [0.25, 0.3) is 0 Å². The second-order valence-corrected chi connectivity index (χ2v) is 4.54. The fourth-order valence-electron chi connectivity index (χ4n) is 2.10. The number of rotatable bonds is 7. The summed E-state index contributed by atoms with van der Waals surface area (Å²) < 4.78 is 4.84. The van der Waals surface area contributed by atoms with Gasteiger partial charge in [0.25, 0.3) is 0 Å². The maximum absolute atomic E-state index is 11.8. The Hall–Kier alpha value is -1.14. The van der Waals surface area contributed by atoms with Crippen molar-refractivity contribution in [2.45, 2.75) is 32.2 Å². The van der Waals surface area contributed by atoms with Crippen LogP contribution >= 0.6 is 0 Å². The van der Waals surface area contributed by atoms with Gasteiger partial charge in [-0.3, -0.25) is 4.79 Å². The summed E-state index contributed by atoms with van der Waals surface area (Å²) in [6.45, 7) is 3.27. The SMILES string of the molecule is CCC1CCNC(C(=O)NCCOCC(=O)O)C1. The minimum absolute atomic E-state index is 0.0212. The van der Waals surface area contributed by atoms with Crippen LogP contribution in [0.15, 0.2) is 0 Å². The number of carboxylic acid groups (broad SMARTS) is 1. The fourth-order valence-corrected chi connectivity index (χ4v) is 2.10. The van der Waals surface area contributed by atoms with Gasteiger partial charge in [0.1, 0.15) is 6.61 Å². The van der Waals surface area contributed by atoms with Gasteiger partial charge in [0.05, 0.1) is 12.6 Å². The first-order chi connectivity index (χ1) is 8.63. The molecule has 1 amide bonds. The van der Waals surface area contributed by atoms with E-state index in [1.807, 2.05) is 0 Å². The Kier molecular flexibility index (Phi) is 6.67. The van der Waals surface area contributed by atoms with Gasteiger partial charge in [0, 0.05) is 6.54 Å². The molecule has 0 aromatic rings. The van der Waals surface area contributed by atoms with Gasteiger partial charge in [0.2, 0.25) is 5.91 Å². The van der Waals surface area contributed by atoms with E-state index in [1.165, 1.54) is 0 Å². The van der Waals surface area contributed by atoms with Crippen molar-refractivity contribution >= 4 is 11.9 Å². The van der Waals surface area contributed by atoms with Gasteiger partial charge in [-0.2, -0.15) is 0 Å². The predicted molar refractivity (Wildman–Crippen MR) is 66.3 cm³/mol. The molecule has 0 aliphatic carbocycles. The van der Waals surface area contributed by atoms with E-state index >= 15 is 0 Å². The number of hydrogen-bond donors (Lipinski definition) is 3. The van der Waals surface area contributed by atoms with Crippen LogP contribution in [-0.4, -0.2) is 49.3 Å². The minimum Gasteiger partial charge on any atom is -0.480 e. The molecule has 0 spiro atoms. The molecule has 3 N–H and O–H groups in total. The van der Waals surface area contributed by atoms with Crippen LogP contribution in [0.5, 0.6) is 0 Å². The van der Waals surface area contributed by atoms with Gasteiger partial charge in [-0.05, 0) is 25.3 Å². The zero-order valence-corrected chi connectivity index (χ0v) is 10.8. The first-order valence-electron chi connectivity index (χ1n) is 6.44. The number of piperidine rings is 1. The second kappa shape index (κ2) is 8.05. The van der Waals surface area contributed by atoms with E-state index in [2.05, 4.69) is 17.6 Å². The molecule has 0 bridgehead atoms. The summed E-state index contributed by atoms with van der Waals surface area (Å²) in [4.78, 5) is 22.0. The van der Waals surface area contributed by atoms with Gasteiger partial charge in [-0.1, -0.05) is 13.3 Å². The van der Waals surface area contributed by atoms with Crippen LogP contribution in [0.4, 0.5) is 0 Å². The molecule has 0 radical (unpaired) electrons. The van der Waals surface area contributed by atoms with Gasteiger partial charge in [-0.25, -0.2) is 4.79 Å². The van der Waals surface area contributed by atoms with E-state index in [9.17, 15) is 9.59 Å². The largest absolute Gasteiger partial charge is 0.480 e. The van der Waals surface area contributed by atoms with Crippen LogP contribution in [0.3, 0.4) is 0 Å². The summed E-state index contributed by atoms with van der Waals surface area (Å²) in [6.07, 6.45) is 3.10. The second-order valence-electron chi connectivity index (χ2n) is 4.54. The van der Waals surface area contributed by atoms with Crippen molar-refractivity contribution in [2.24, 2.45) is 5.92 Å². The third-order valence-corrected chi connectivity index (χ3v) is 3.18. The molecule has 104 valence electrons. The molecule has 1 aliphatic rings. The Balaban J connectivity index is 2.14. The number of ether oxygens (including phenoxy) is 1. The van der Waals surface area contributed by atoms with E-state index in [-0.39, 0.29) is 25.2 Å². The molecule has 2 atom stereocenters. The topological polar surface area (TPSA) is 87.7 Å². The van der Waals surface area contributed by atoms with Crippen LogP contribution in [0.2, 0.25) is 0 Å². The van der Waals surface area contributed by atoms with E-state index < -0.39 is 5.97 Å². The molecule has 1 saturated heterocycles. The summed E-state index contributed by atoms with van der Waals surface area (Å²) >= 11 is 0. The molecule has 1 rings (SSSR count). The number of aliphatic carboxylic acids is 1. The summed E-state index contributed by atoms with van der Waals surface area (Å²) in [5.74, 6) is -0.404. The summed E-state index contributed by atoms with van der Waals surface area (Å²) in [6, 6.07) is -0.122. The van der Waals surface area contributed by atoms with Gasteiger partial charge >= 0.3 is 5.97 Å². The highest BCUT2D eigenvalue weighted by Gasteiger charge is 2.25. The third-order valence-electron chi connectivity index (χ3n) is 3.18. The highest BCUT2D eigenvalue weighted by molar-refractivity contribution is 5.81. The average Bonchev–Trinajstić information content (AvgIpc) is 2.37. The lowest BCUT2D eigenvalue weighted by atomic mass is 9.90. The molecule has 0 aromatic carbocycles. The lowest BCUT2D eigenvalue weighted by Gasteiger charge is -2.28. The predicted octanol–water partition coefficient (Wildman–Crippen LogP) is -0.0180. The molecule has 0 saturated carbocycles. The van der Waals surface area contributed by atoms with Gasteiger partial charge in [-0.15, -0.1) is 0 Å². The quantitative estimate of drug-likeness (QED) is 0.559. The van der Waals surface area contributed by atoms with Crippen LogP contribution < -0.4 is 10.6 Å². The van der Waals surface area contributed by atoms with Crippen molar-refractivity contribution in [3.8, 4) is 0 Å². The smallest absolute Gasteiger partial charge is 0.329 e. The molecular weight excluding hydrogens is 236 g/mol. The number of amides is 1. The normalized spacial score (nSPS) is 23.6. The summed E-state index contributed by atoms with van der Waals surface area (Å²) in [7, 11) is 0. The van der Waals surface area contributed by atoms with Gasteiger partial charge < -0.3 is 20.5 Å². The molecule has 0 aromatic heterocycles. The first-order valence-corrected chi connectivity index (χ1v) is 6.44. The molecule has 1 fully saturated rings. The fraction of sp³-hybridized carbons (Fsp3) is 0.833. The molecule has 2 unspecified atom stereocenters. The Morgan fingerprint density at radius 3 is 2.94 bits per heavy atom. The lowest BCUT2D eigenvalue weighted by molar-refractivity contribution is -0.142. The maximum Gasteiger partial charge on any atom is 0.329 e. The van der Waals surface area contributed by atoms with Crippen molar-refractivity contribution in [1.29, 1.82) is 0 Å². The number of carbonyl (C=O) groups excluding carboxylic acids is 1. The Morgan fingerprint density at radius 1 is 1.50 bits per heavy atom. The molecular formula is C12H22N2O4. The van der Waals surface area contributed by atoms with Crippen molar-refractivity contribution < 1.29 is 19.4 Å². The van der Waals surface area contributed by atoms with Crippen LogP contribution in [-0.2, 0) is 14.3 Å². The number of nitrogens with one attached hydrogen (secondary N) is 2. The van der Waals surface area contributed by atoms with Gasteiger partial charge in [0.15, 0.2) is 0 Å². The lowest BCUT2D eigenvalue weighted by Crippen LogP contribution is -2.49. The first kappa shape index (κ1) is 14.9. The third kappa shape index (κ3) is 5.46. The maximum atomic E-state index is 11.8. The molecule has 1 heterocycles. The van der Waals surface area contributed by atoms with E-state index in [0.29, 0.717) is 12.5 Å². The van der Waals surface area contributed by atoms with Crippen molar-refractivity contribution in [3.63, 3.8) is 0 Å². The summed E-state index contributed by atoms with van der Waals surface area (Å²) in [5.41, 5.74) is 0. The van der Waals surface area contributed by atoms with E-state index in [1.54, 1.807) is 0 Å². The molecule has 1 aliphatic heterocycles. The van der Waals surface area contributed by atoms with Crippen molar-refractivity contribution in [1.82, 2.24) is 10.6 Å². The van der Waals surface area contributed by atoms with Crippen LogP contribution in [0, 0.1) is 5.92 Å². The number of carboxylic acids is 1. The van der Waals surface area contributed by atoms with Crippen molar-refractivity contribution in [2.75, 3.05) is 26.3 Å². The summed E-state index contributed by atoms with van der Waals surface area (Å²) in [5, 5.41) is 14.3. The molecule has 6 heteroatoms. The highest BCUT2D eigenvalue weighted by Crippen LogP contribution is 2.19. The Morgan fingerprint density at radius 2 is 2.28 bits per heavy atom. The zero-order chi connectivity index (χ0) is 13.4. The highest BCUT2D eigenvalue weighted by atomic mass is 16.5. The number of hydrogen-bond acceptors (Lipinski definition) is 4. The molecule has 18 heavy (non-hydrogen) atoms. The Bertz CT molecular complexity index is 283. The van der Waals surface area contributed by atoms with E-state index in [0.717, 1.165) is 25.8 Å². The minimum atomic E-state index is -0.999. The van der Waals surface area contributed by atoms with Crippen molar-refractivity contribution in [3.05, 3.63) is 0 Å². The zero-order valence-electron chi connectivity index (χ0n) is 10.8. The van der Waals surface area contributed by atoms with Crippen LogP contribution in [0.1, 0.15) is 26.2 Å². The Labute approximate surface area is 107 Å². The monoisotopic (exact) mass is 258 g/mol.